The first kappa shape index (κ1) is 41.9. The Bertz CT molecular complexity index is 592. The smallest absolute Gasteiger partial charge is 0.342 e. The maximum absolute atomic E-state index is 11.5. The van der Waals surface area contributed by atoms with E-state index in [1.165, 1.54) is 89.9 Å². The number of hydrogen-bond acceptors (Lipinski definition) is 8. The zero-order valence-corrected chi connectivity index (χ0v) is 26.7. The average molecular weight is 603 g/mol. The van der Waals surface area contributed by atoms with Crippen LogP contribution in [-0.4, -0.2) is 47.4 Å². The van der Waals surface area contributed by atoms with Gasteiger partial charge >= 0.3 is 11.9 Å². The highest BCUT2D eigenvalue weighted by Gasteiger charge is 2.05. The second-order valence-corrected chi connectivity index (χ2v) is 11.0. The highest BCUT2D eigenvalue weighted by molar-refractivity contribution is 5.76. The topological polar surface area (TPSA) is 151 Å². The van der Waals surface area contributed by atoms with Crippen molar-refractivity contribution in [2.24, 2.45) is 0 Å². The first-order valence-corrected chi connectivity index (χ1v) is 16.6. The molecule has 0 aromatic carbocycles. The summed E-state index contributed by atoms with van der Waals surface area (Å²) in [5, 5.41) is 21.9. The van der Waals surface area contributed by atoms with Crippen LogP contribution in [0.3, 0.4) is 0 Å². The van der Waals surface area contributed by atoms with Gasteiger partial charge in [0.1, 0.15) is 0 Å². The van der Waals surface area contributed by atoms with Crippen LogP contribution in [0.15, 0.2) is 0 Å². The number of unbranched alkanes of at least 4 members (excludes halogenated alkanes) is 16. The van der Waals surface area contributed by atoms with Gasteiger partial charge in [-0.2, -0.15) is 10.5 Å². The molecule has 0 aliphatic heterocycles. The molecule has 42 heavy (non-hydrogen) atoms. The fraction of sp³-hybridized carbons (Fsp3) is 0.875. The van der Waals surface area contributed by atoms with Crippen LogP contribution in [0.4, 0.5) is 0 Å². The van der Waals surface area contributed by atoms with E-state index in [4.69, 9.17) is 10.5 Å². The van der Waals surface area contributed by atoms with Crippen LogP contribution in [0.25, 0.3) is 0 Å². The second-order valence-electron chi connectivity index (χ2n) is 11.0. The molecule has 0 unspecified atom stereocenters. The third kappa shape index (κ3) is 35.8. The SMILES string of the molecule is CCCCCCCCCCNC(=O)CCCCC(=O)OO.CCCCCCCCCCNC(=O)CCCCC(=O)OO. The lowest BCUT2D eigenvalue weighted by Crippen LogP contribution is -2.24. The Hall–Kier alpha value is -2.20. The molecule has 0 bridgehead atoms. The van der Waals surface area contributed by atoms with E-state index in [0.717, 1.165) is 25.9 Å². The minimum absolute atomic E-state index is 0.0373. The van der Waals surface area contributed by atoms with E-state index in [-0.39, 0.29) is 24.7 Å². The predicted octanol–water partition coefficient (Wildman–Crippen LogP) is 7.64. The van der Waals surface area contributed by atoms with Gasteiger partial charge in [0.25, 0.3) is 0 Å². The van der Waals surface area contributed by atoms with Gasteiger partial charge in [-0.1, -0.05) is 104 Å². The maximum atomic E-state index is 11.5. The molecule has 0 saturated heterocycles. The molecule has 0 radical (unpaired) electrons. The van der Waals surface area contributed by atoms with E-state index in [9.17, 15) is 19.2 Å². The molecule has 2 amide bonds. The van der Waals surface area contributed by atoms with Crippen molar-refractivity contribution in [2.45, 2.75) is 168 Å². The molecular weight excluding hydrogens is 540 g/mol. The Kier molecular flexibility index (Phi) is 34.9. The van der Waals surface area contributed by atoms with Gasteiger partial charge in [0.15, 0.2) is 0 Å². The van der Waals surface area contributed by atoms with Crippen molar-refractivity contribution in [3.05, 3.63) is 0 Å². The summed E-state index contributed by atoms with van der Waals surface area (Å²) in [6, 6.07) is 0. The Labute approximate surface area is 254 Å². The third-order valence-electron chi connectivity index (χ3n) is 6.98. The summed E-state index contributed by atoms with van der Waals surface area (Å²) in [5.74, 6) is -1.21. The fourth-order valence-corrected chi connectivity index (χ4v) is 4.35. The Morgan fingerprint density at radius 1 is 0.429 bits per heavy atom. The molecule has 0 rings (SSSR count). The predicted molar refractivity (Wildman–Crippen MR) is 166 cm³/mol. The van der Waals surface area contributed by atoms with E-state index in [0.29, 0.717) is 38.5 Å². The van der Waals surface area contributed by atoms with Gasteiger partial charge in [0, 0.05) is 38.8 Å². The van der Waals surface area contributed by atoms with Crippen LogP contribution in [0.1, 0.15) is 168 Å². The van der Waals surface area contributed by atoms with Crippen molar-refractivity contribution in [2.75, 3.05) is 13.1 Å². The largest absolute Gasteiger partial charge is 0.356 e. The van der Waals surface area contributed by atoms with Gasteiger partial charge in [-0.15, -0.1) is 0 Å². The molecule has 248 valence electrons. The standard InChI is InChI=1S/2C16H31NO4/c2*1-2-3-4-5-6-7-8-11-14-17-15(18)12-9-10-13-16(19)21-20/h2*20H,2-14H2,1H3,(H,17,18). The molecule has 10 nitrogen and oxygen atoms in total. The zero-order chi connectivity index (χ0) is 31.5. The Morgan fingerprint density at radius 3 is 1.02 bits per heavy atom. The zero-order valence-electron chi connectivity index (χ0n) is 26.7. The van der Waals surface area contributed by atoms with Crippen LogP contribution >= 0.6 is 0 Å². The van der Waals surface area contributed by atoms with Crippen LogP contribution in [0.5, 0.6) is 0 Å². The lowest BCUT2D eigenvalue weighted by Gasteiger charge is -2.05. The van der Waals surface area contributed by atoms with Gasteiger partial charge in [0.2, 0.25) is 11.8 Å². The average Bonchev–Trinajstić information content (AvgIpc) is 2.99. The lowest BCUT2D eigenvalue weighted by atomic mass is 10.1. The van der Waals surface area contributed by atoms with Gasteiger partial charge in [-0.25, -0.2) is 9.59 Å². The van der Waals surface area contributed by atoms with Crippen molar-refractivity contribution in [3.63, 3.8) is 0 Å². The quantitative estimate of drug-likeness (QED) is 0.0405. The number of carbonyl (C=O) groups excluding carboxylic acids is 4. The van der Waals surface area contributed by atoms with E-state index in [1.54, 1.807) is 0 Å². The minimum Gasteiger partial charge on any atom is -0.356 e. The lowest BCUT2D eigenvalue weighted by molar-refractivity contribution is -0.234. The van der Waals surface area contributed by atoms with Gasteiger partial charge < -0.3 is 20.4 Å². The minimum atomic E-state index is -0.644. The van der Waals surface area contributed by atoms with Crippen molar-refractivity contribution < 1.29 is 39.5 Å². The molecule has 0 aromatic rings. The van der Waals surface area contributed by atoms with Crippen LogP contribution in [-0.2, 0) is 29.0 Å². The van der Waals surface area contributed by atoms with Crippen LogP contribution in [0, 0.1) is 0 Å². The number of carbonyl (C=O) groups is 4. The Morgan fingerprint density at radius 2 is 0.714 bits per heavy atom. The van der Waals surface area contributed by atoms with Gasteiger partial charge in [0.05, 0.1) is 0 Å². The summed E-state index contributed by atoms with van der Waals surface area (Å²) in [6.45, 7) is 5.93. The number of rotatable bonds is 28. The van der Waals surface area contributed by atoms with Crippen molar-refractivity contribution in [3.8, 4) is 0 Å². The summed E-state index contributed by atoms with van der Waals surface area (Å²) in [7, 11) is 0. The van der Waals surface area contributed by atoms with Crippen LogP contribution in [0.2, 0.25) is 0 Å². The molecule has 0 saturated carbocycles. The van der Waals surface area contributed by atoms with E-state index >= 15 is 0 Å². The molecule has 0 fully saturated rings. The van der Waals surface area contributed by atoms with E-state index in [1.807, 2.05) is 0 Å². The fourth-order valence-electron chi connectivity index (χ4n) is 4.35. The summed E-state index contributed by atoms with van der Waals surface area (Å²) in [4.78, 5) is 51.4. The molecule has 0 spiro atoms. The highest BCUT2D eigenvalue weighted by atomic mass is 17.1. The molecular formula is C32H62N2O8. The van der Waals surface area contributed by atoms with Crippen LogP contribution < -0.4 is 10.6 Å². The number of nitrogens with one attached hydrogen (secondary N) is 2. The molecule has 0 aliphatic rings. The van der Waals surface area contributed by atoms with Gasteiger partial charge in [-0.3, -0.25) is 9.59 Å². The molecule has 4 N–H and O–H groups in total. The molecule has 10 heteroatoms. The van der Waals surface area contributed by atoms with E-state index < -0.39 is 11.9 Å². The normalized spacial score (nSPS) is 10.4. The third-order valence-corrected chi connectivity index (χ3v) is 6.98. The second kappa shape index (κ2) is 35.0. The van der Waals surface area contributed by atoms with E-state index in [2.05, 4.69) is 34.3 Å². The van der Waals surface area contributed by atoms with Crippen molar-refractivity contribution >= 4 is 23.8 Å². The summed E-state index contributed by atoms with van der Waals surface area (Å²) in [5.41, 5.74) is 0. The molecule has 0 aliphatic carbocycles. The first-order chi connectivity index (χ1) is 20.4. The molecule has 0 atom stereocenters. The first-order valence-electron chi connectivity index (χ1n) is 16.6. The summed E-state index contributed by atoms with van der Waals surface area (Å²) in [6.07, 6.45) is 23.7. The molecule has 0 heterocycles. The number of amides is 2. The summed E-state index contributed by atoms with van der Waals surface area (Å²) < 4.78 is 0. The monoisotopic (exact) mass is 602 g/mol. The van der Waals surface area contributed by atoms with Crippen molar-refractivity contribution in [1.29, 1.82) is 0 Å². The van der Waals surface area contributed by atoms with Gasteiger partial charge in [-0.05, 0) is 38.5 Å². The number of hydrogen-bond donors (Lipinski definition) is 4. The highest BCUT2D eigenvalue weighted by Crippen LogP contribution is 2.09. The maximum Gasteiger partial charge on any atom is 0.342 e. The summed E-state index contributed by atoms with van der Waals surface area (Å²) >= 11 is 0. The molecule has 0 aromatic heterocycles. The van der Waals surface area contributed by atoms with Crippen molar-refractivity contribution in [1.82, 2.24) is 10.6 Å². The Balaban J connectivity index is 0.